The van der Waals surface area contributed by atoms with Crippen molar-refractivity contribution in [3.8, 4) is 0 Å². The van der Waals surface area contributed by atoms with Crippen LogP contribution >= 0.6 is 22.7 Å². The Labute approximate surface area is 185 Å². The number of hydrogen-bond acceptors (Lipinski definition) is 7. The van der Waals surface area contributed by atoms with Crippen LogP contribution < -0.4 is 11.1 Å². The Bertz CT molecular complexity index is 1200. The van der Waals surface area contributed by atoms with Crippen molar-refractivity contribution in [2.45, 2.75) is 46.0 Å². The highest BCUT2D eigenvalue weighted by Gasteiger charge is 2.31. The molecule has 0 aromatic carbocycles. The fourth-order valence-electron chi connectivity index (χ4n) is 3.49. The smallest absolute Gasteiger partial charge is 0.341 e. The quantitative estimate of drug-likeness (QED) is 0.449. The fraction of sp³-hybridized carbons (Fsp3) is 0.381. The van der Waals surface area contributed by atoms with Gasteiger partial charge in [0, 0.05) is 10.3 Å². The number of nitrogens with one attached hydrogen (secondary N) is 1. The Morgan fingerprint density at radius 1 is 1.32 bits per heavy atom. The summed E-state index contributed by atoms with van der Waals surface area (Å²) in [5, 5.41) is 3.71. The first-order valence-corrected chi connectivity index (χ1v) is 11.5. The number of alkyl halides is 2. The van der Waals surface area contributed by atoms with Crippen molar-refractivity contribution in [3.05, 3.63) is 38.2 Å². The number of rotatable bonds is 6. The first kappa shape index (κ1) is 21.6. The van der Waals surface area contributed by atoms with Crippen molar-refractivity contribution in [1.82, 2.24) is 4.98 Å². The number of aromatic nitrogens is 1. The third kappa shape index (κ3) is 3.89. The second-order valence-corrected chi connectivity index (χ2v) is 9.62. The summed E-state index contributed by atoms with van der Waals surface area (Å²) in [5.41, 5.74) is 8.00. The van der Waals surface area contributed by atoms with Crippen molar-refractivity contribution in [2.24, 2.45) is 0 Å². The van der Waals surface area contributed by atoms with Crippen LogP contribution in [0, 0.1) is 13.8 Å². The minimum absolute atomic E-state index is 0.161. The van der Waals surface area contributed by atoms with Gasteiger partial charge in [0.05, 0.1) is 17.9 Å². The zero-order chi connectivity index (χ0) is 22.4. The first-order valence-electron chi connectivity index (χ1n) is 9.82. The van der Waals surface area contributed by atoms with Crippen LogP contribution in [0.5, 0.6) is 0 Å². The summed E-state index contributed by atoms with van der Waals surface area (Å²) >= 11 is 2.26. The molecule has 0 saturated heterocycles. The van der Waals surface area contributed by atoms with Gasteiger partial charge in [-0.3, -0.25) is 4.79 Å². The van der Waals surface area contributed by atoms with Crippen LogP contribution in [-0.2, 0) is 4.74 Å². The normalized spacial score (nSPS) is 13.7. The van der Waals surface area contributed by atoms with Crippen molar-refractivity contribution in [2.75, 3.05) is 17.7 Å². The van der Waals surface area contributed by atoms with E-state index in [0.717, 1.165) is 40.2 Å². The third-order valence-electron chi connectivity index (χ3n) is 5.29. The van der Waals surface area contributed by atoms with E-state index >= 15 is 0 Å². The molecule has 10 heteroatoms. The van der Waals surface area contributed by atoms with E-state index in [1.54, 1.807) is 13.8 Å². The summed E-state index contributed by atoms with van der Waals surface area (Å²) in [6, 6.07) is 1.40. The lowest BCUT2D eigenvalue weighted by Gasteiger charge is -2.07. The standard InChI is InChI=1S/C21H21F2N3O3S2/c1-4-29-21(28)13-8(2)9(3)30-19(13)26-18(27)16-15(24)14-11(10-5-6-10)7-12(17(22)23)25-20(14)31-16/h7,10,17H,4-6,24H2,1-3H3,(H,26,27). The number of aryl methyl sites for hydroxylation is 1. The molecule has 3 aromatic heterocycles. The molecule has 4 rings (SSSR count). The van der Waals surface area contributed by atoms with Gasteiger partial charge in [0.25, 0.3) is 12.3 Å². The van der Waals surface area contributed by atoms with Gasteiger partial charge in [0.2, 0.25) is 0 Å². The monoisotopic (exact) mass is 465 g/mol. The maximum Gasteiger partial charge on any atom is 0.341 e. The van der Waals surface area contributed by atoms with E-state index in [0.29, 0.717) is 20.8 Å². The highest BCUT2D eigenvalue weighted by atomic mass is 32.1. The number of pyridine rings is 1. The Morgan fingerprint density at radius 3 is 2.65 bits per heavy atom. The average molecular weight is 466 g/mol. The molecule has 3 N–H and O–H groups in total. The van der Waals surface area contributed by atoms with Gasteiger partial charge in [0.15, 0.2) is 0 Å². The zero-order valence-electron chi connectivity index (χ0n) is 17.2. The molecule has 0 atom stereocenters. The lowest BCUT2D eigenvalue weighted by Crippen LogP contribution is -2.15. The number of amides is 1. The summed E-state index contributed by atoms with van der Waals surface area (Å²) in [6.45, 7) is 5.57. The number of esters is 1. The number of thiophene rings is 2. The van der Waals surface area contributed by atoms with Crippen LogP contribution in [0.4, 0.5) is 19.5 Å². The molecule has 0 aliphatic heterocycles. The number of anilines is 2. The van der Waals surface area contributed by atoms with E-state index in [1.165, 1.54) is 17.4 Å². The van der Waals surface area contributed by atoms with Crippen molar-refractivity contribution < 1.29 is 23.1 Å². The maximum absolute atomic E-state index is 13.3. The number of carbonyl (C=O) groups excluding carboxylic acids is 2. The predicted molar refractivity (Wildman–Crippen MR) is 119 cm³/mol. The molecule has 0 spiro atoms. The van der Waals surface area contributed by atoms with Crippen molar-refractivity contribution >= 4 is 55.5 Å². The number of nitrogens with two attached hydrogens (primary N) is 1. The van der Waals surface area contributed by atoms with Crippen LogP contribution in [0.1, 0.15) is 73.8 Å². The van der Waals surface area contributed by atoms with Gasteiger partial charge in [-0.1, -0.05) is 0 Å². The number of nitrogen functional groups attached to an aromatic ring is 1. The molecule has 1 amide bonds. The molecule has 3 aromatic rings. The summed E-state index contributed by atoms with van der Waals surface area (Å²) in [4.78, 5) is 30.9. The summed E-state index contributed by atoms with van der Waals surface area (Å²) in [7, 11) is 0. The summed E-state index contributed by atoms with van der Waals surface area (Å²) < 4.78 is 31.8. The van der Waals surface area contributed by atoms with E-state index in [-0.39, 0.29) is 28.8 Å². The lowest BCUT2D eigenvalue weighted by molar-refractivity contribution is 0.0527. The predicted octanol–water partition coefficient (Wildman–Crippen LogP) is 5.80. The molecule has 164 valence electrons. The van der Waals surface area contributed by atoms with Gasteiger partial charge in [-0.05, 0) is 56.7 Å². The number of hydrogen-bond donors (Lipinski definition) is 2. The molecule has 1 fully saturated rings. The lowest BCUT2D eigenvalue weighted by atomic mass is 10.1. The van der Waals surface area contributed by atoms with Crippen LogP contribution in [0.15, 0.2) is 6.07 Å². The highest BCUT2D eigenvalue weighted by molar-refractivity contribution is 7.21. The van der Waals surface area contributed by atoms with E-state index < -0.39 is 18.3 Å². The molecule has 1 aliphatic carbocycles. The van der Waals surface area contributed by atoms with E-state index in [1.807, 2.05) is 6.92 Å². The molecule has 31 heavy (non-hydrogen) atoms. The number of fused-ring (bicyclic) bond motifs is 1. The van der Waals surface area contributed by atoms with Gasteiger partial charge < -0.3 is 15.8 Å². The largest absolute Gasteiger partial charge is 0.462 e. The molecule has 6 nitrogen and oxygen atoms in total. The molecule has 0 bridgehead atoms. The van der Waals surface area contributed by atoms with E-state index in [2.05, 4.69) is 10.3 Å². The fourth-order valence-corrected chi connectivity index (χ4v) is 5.56. The van der Waals surface area contributed by atoms with Gasteiger partial charge in [-0.2, -0.15) is 0 Å². The Morgan fingerprint density at radius 2 is 2.03 bits per heavy atom. The van der Waals surface area contributed by atoms with E-state index in [4.69, 9.17) is 10.5 Å². The van der Waals surface area contributed by atoms with Gasteiger partial charge in [-0.15, -0.1) is 22.7 Å². The van der Waals surface area contributed by atoms with Crippen molar-refractivity contribution in [3.63, 3.8) is 0 Å². The van der Waals surface area contributed by atoms with Crippen LogP contribution in [0.25, 0.3) is 10.2 Å². The Hall–Kier alpha value is -2.59. The summed E-state index contributed by atoms with van der Waals surface area (Å²) in [6.07, 6.45) is -0.906. The Balaban J connectivity index is 1.74. The van der Waals surface area contributed by atoms with Crippen LogP contribution in [0.3, 0.4) is 0 Å². The molecular weight excluding hydrogens is 444 g/mol. The topological polar surface area (TPSA) is 94.3 Å². The number of carbonyl (C=O) groups is 2. The zero-order valence-corrected chi connectivity index (χ0v) is 18.8. The van der Waals surface area contributed by atoms with Crippen molar-refractivity contribution in [1.29, 1.82) is 0 Å². The second kappa shape index (κ2) is 8.16. The first-order chi connectivity index (χ1) is 14.7. The van der Waals surface area contributed by atoms with E-state index in [9.17, 15) is 18.4 Å². The SMILES string of the molecule is CCOC(=O)c1c(NC(=O)c2sc3nc(C(F)F)cc(C4CC4)c3c2N)sc(C)c1C. The molecule has 3 heterocycles. The molecule has 0 unspecified atom stereocenters. The molecule has 1 aliphatic rings. The van der Waals surface area contributed by atoms with Crippen LogP contribution in [-0.4, -0.2) is 23.5 Å². The highest BCUT2D eigenvalue weighted by Crippen LogP contribution is 2.48. The molecule has 1 saturated carbocycles. The molecular formula is C21H21F2N3O3S2. The minimum Gasteiger partial charge on any atom is -0.462 e. The third-order valence-corrected chi connectivity index (χ3v) is 7.51. The summed E-state index contributed by atoms with van der Waals surface area (Å²) in [5.74, 6) is -0.857. The van der Waals surface area contributed by atoms with Gasteiger partial charge in [-0.25, -0.2) is 18.6 Å². The van der Waals surface area contributed by atoms with Gasteiger partial charge >= 0.3 is 5.97 Å². The average Bonchev–Trinajstić information content (AvgIpc) is 3.45. The Kier molecular flexibility index (Phi) is 5.69. The second-order valence-electron chi connectivity index (χ2n) is 7.40. The number of halogens is 2. The number of nitrogens with zero attached hydrogens (tertiary/aromatic N) is 1. The minimum atomic E-state index is -2.70. The molecule has 0 radical (unpaired) electrons. The maximum atomic E-state index is 13.3. The number of ether oxygens (including phenoxy) is 1. The van der Waals surface area contributed by atoms with Gasteiger partial charge in [0.1, 0.15) is 20.4 Å². The van der Waals surface area contributed by atoms with Crippen LogP contribution in [0.2, 0.25) is 0 Å².